The molecule has 0 amide bonds. The van der Waals surface area contributed by atoms with Gasteiger partial charge in [0.25, 0.3) is 0 Å². The monoisotopic (exact) mass is 218 g/mol. The molecule has 0 aliphatic rings. The van der Waals surface area contributed by atoms with E-state index < -0.39 is 0 Å². The van der Waals surface area contributed by atoms with E-state index in [2.05, 4.69) is 32.9 Å². The van der Waals surface area contributed by atoms with Gasteiger partial charge in [-0.05, 0) is 17.4 Å². The number of benzene rings is 1. The van der Waals surface area contributed by atoms with Gasteiger partial charge in [-0.25, -0.2) is 0 Å². The lowest BCUT2D eigenvalue weighted by molar-refractivity contribution is -0.124. The van der Waals surface area contributed by atoms with Gasteiger partial charge in [0.2, 0.25) is 0 Å². The van der Waals surface area contributed by atoms with Crippen LogP contribution in [0.15, 0.2) is 30.3 Å². The Hall–Kier alpha value is -1.11. The van der Waals surface area contributed by atoms with Crippen molar-refractivity contribution >= 4 is 5.78 Å². The molecule has 0 saturated carbocycles. The summed E-state index contributed by atoms with van der Waals surface area (Å²) in [6.07, 6.45) is 1.52. The maximum atomic E-state index is 12.0. The predicted octanol–water partition coefficient (Wildman–Crippen LogP) is 3.87. The number of carbonyl (C=O) groups is 1. The van der Waals surface area contributed by atoms with Gasteiger partial charge in [0.15, 0.2) is 0 Å². The third-order valence-corrected chi connectivity index (χ3v) is 2.64. The van der Waals surface area contributed by atoms with E-state index in [0.29, 0.717) is 12.2 Å². The number of hydrogen-bond donors (Lipinski definition) is 0. The van der Waals surface area contributed by atoms with Crippen molar-refractivity contribution in [2.75, 3.05) is 0 Å². The molecule has 0 aliphatic carbocycles. The van der Waals surface area contributed by atoms with E-state index in [1.807, 2.05) is 25.1 Å². The van der Waals surface area contributed by atoms with E-state index in [4.69, 9.17) is 0 Å². The van der Waals surface area contributed by atoms with Gasteiger partial charge < -0.3 is 0 Å². The van der Waals surface area contributed by atoms with Crippen molar-refractivity contribution < 1.29 is 4.79 Å². The van der Waals surface area contributed by atoms with Crippen molar-refractivity contribution in [3.05, 3.63) is 35.9 Å². The Morgan fingerprint density at radius 2 is 1.75 bits per heavy atom. The zero-order valence-corrected chi connectivity index (χ0v) is 10.8. The summed E-state index contributed by atoms with van der Waals surface area (Å²) in [4.78, 5) is 12.0. The number of hydrogen-bond acceptors (Lipinski definition) is 1. The molecule has 1 unspecified atom stereocenters. The molecule has 1 aromatic rings. The summed E-state index contributed by atoms with van der Waals surface area (Å²) in [5, 5.41) is 0. The molecule has 88 valence electrons. The standard InChI is InChI=1S/C15H22O/c1-12(14(16)11-15(2,3)4)10-13-8-6-5-7-9-13/h5-9,12H,10-11H2,1-4H3. The van der Waals surface area contributed by atoms with Gasteiger partial charge in [-0.15, -0.1) is 0 Å². The summed E-state index contributed by atoms with van der Waals surface area (Å²) in [5.41, 5.74) is 1.35. The molecule has 1 nitrogen and oxygen atoms in total. The fraction of sp³-hybridized carbons (Fsp3) is 0.533. The third kappa shape index (κ3) is 4.61. The second kappa shape index (κ2) is 5.29. The first-order chi connectivity index (χ1) is 7.38. The Balaban J connectivity index is 2.53. The van der Waals surface area contributed by atoms with E-state index in [9.17, 15) is 4.79 Å². The van der Waals surface area contributed by atoms with E-state index in [-0.39, 0.29) is 11.3 Å². The van der Waals surface area contributed by atoms with E-state index in [0.717, 1.165) is 6.42 Å². The zero-order chi connectivity index (χ0) is 12.2. The molecule has 0 aliphatic heterocycles. The van der Waals surface area contributed by atoms with Gasteiger partial charge in [-0.3, -0.25) is 4.79 Å². The lowest BCUT2D eigenvalue weighted by Gasteiger charge is -2.19. The van der Waals surface area contributed by atoms with Crippen LogP contribution in [0.3, 0.4) is 0 Å². The van der Waals surface area contributed by atoms with Crippen LogP contribution in [0.2, 0.25) is 0 Å². The first-order valence-electron chi connectivity index (χ1n) is 5.95. The summed E-state index contributed by atoms with van der Waals surface area (Å²) < 4.78 is 0. The number of rotatable bonds is 4. The molecule has 0 spiro atoms. The Morgan fingerprint density at radius 3 is 2.25 bits per heavy atom. The highest BCUT2D eigenvalue weighted by Crippen LogP contribution is 2.22. The van der Waals surface area contributed by atoms with Crippen LogP contribution >= 0.6 is 0 Å². The van der Waals surface area contributed by atoms with Gasteiger partial charge in [0.1, 0.15) is 5.78 Å². The molecule has 0 aromatic heterocycles. The third-order valence-electron chi connectivity index (χ3n) is 2.64. The van der Waals surface area contributed by atoms with Crippen LogP contribution in [0.4, 0.5) is 0 Å². The van der Waals surface area contributed by atoms with Gasteiger partial charge in [-0.2, -0.15) is 0 Å². The average molecular weight is 218 g/mol. The van der Waals surface area contributed by atoms with Crippen molar-refractivity contribution in [3.63, 3.8) is 0 Å². The number of ketones is 1. The molecule has 1 aromatic carbocycles. The first kappa shape index (κ1) is 13.0. The maximum absolute atomic E-state index is 12.0. The lowest BCUT2D eigenvalue weighted by atomic mass is 9.84. The van der Waals surface area contributed by atoms with Gasteiger partial charge in [0, 0.05) is 12.3 Å². The first-order valence-corrected chi connectivity index (χ1v) is 5.95. The highest BCUT2D eigenvalue weighted by atomic mass is 16.1. The van der Waals surface area contributed by atoms with Crippen molar-refractivity contribution in [2.45, 2.75) is 40.5 Å². The molecule has 0 fully saturated rings. The normalized spacial score (nSPS) is 13.5. The molecule has 1 heteroatoms. The molecule has 16 heavy (non-hydrogen) atoms. The summed E-state index contributed by atoms with van der Waals surface area (Å²) >= 11 is 0. The topological polar surface area (TPSA) is 17.1 Å². The van der Waals surface area contributed by atoms with Crippen LogP contribution in [0.25, 0.3) is 0 Å². The number of carbonyl (C=O) groups excluding carboxylic acids is 1. The lowest BCUT2D eigenvalue weighted by Crippen LogP contribution is -2.20. The minimum atomic E-state index is 0.0992. The molecule has 0 bridgehead atoms. The molecule has 0 radical (unpaired) electrons. The van der Waals surface area contributed by atoms with Gasteiger partial charge >= 0.3 is 0 Å². The zero-order valence-electron chi connectivity index (χ0n) is 10.8. The summed E-state index contributed by atoms with van der Waals surface area (Å²) in [7, 11) is 0. The van der Waals surface area contributed by atoms with Crippen LogP contribution in [0.5, 0.6) is 0 Å². The molecule has 0 saturated heterocycles. The molecule has 1 rings (SSSR count). The minimum absolute atomic E-state index is 0.0992. The number of Topliss-reactive ketones (excluding diaryl/α,β-unsaturated/α-hetero) is 1. The quantitative estimate of drug-likeness (QED) is 0.749. The summed E-state index contributed by atoms with van der Waals surface area (Å²) in [5.74, 6) is 0.498. The molecular weight excluding hydrogens is 196 g/mol. The summed E-state index contributed by atoms with van der Waals surface area (Å²) in [6.45, 7) is 8.36. The highest BCUT2D eigenvalue weighted by molar-refractivity contribution is 5.81. The Bertz CT molecular complexity index is 332. The second-order valence-electron chi connectivity index (χ2n) is 5.79. The van der Waals surface area contributed by atoms with Crippen LogP contribution in [-0.2, 0) is 11.2 Å². The van der Waals surface area contributed by atoms with Crippen molar-refractivity contribution in [1.29, 1.82) is 0 Å². The largest absolute Gasteiger partial charge is 0.299 e. The van der Waals surface area contributed by atoms with Crippen molar-refractivity contribution in [1.82, 2.24) is 0 Å². The molecule has 0 N–H and O–H groups in total. The van der Waals surface area contributed by atoms with E-state index in [1.54, 1.807) is 0 Å². The van der Waals surface area contributed by atoms with Crippen molar-refractivity contribution in [3.8, 4) is 0 Å². The summed E-state index contributed by atoms with van der Waals surface area (Å²) in [6, 6.07) is 10.2. The maximum Gasteiger partial charge on any atom is 0.136 e. The van der Waals surface area contributed by atoms with Gasteiger partial charge in [0.05, 0.1) is 0 Å². The Labute approximate surface area is 98.9 Å². The predicted molar refractivity (Wildman–Crippen MR) is 68.4 cm³/mol. The van der Waals surface area contributed by atoms with Crippen LogP contribution in [-0.4, -0.2) is 5.78 Å². The average Bonchev–Trinajstić information content (AvgIpc) is 2.16. The second-order valence-corrected chi connectivity index (χ2v) is 5.79. The molecular formula is C15H22O. The SMILES string of the molecule is CC(Cc1ccccc1)C(=O)CC(C)(C)C. The molecule has 0 heterocycles. The van der Waals surface area contributed by atoms with E-state index in [1.165, 1.54) is 5.56 Å². The Kier molecular flexibility index (Phi) is 4.28. The van der Waals surface area contributed by atoms with E-state index >= 15 is 0 Å². The minimum Gasteiger partial charge on any atom is -0.299 e. The molecule has 1 atom stereocenters. The van der Waals surface area contributed by atoms with Gasteiger partial charge in [-0.1, -0.05) is 58.0 Å². The van der Waals surface area contributed by atoms with Crippen molar-refractivity contribution in [2.24, 2.45) is 11.3 Å². The fourth-order valence-electron chi connectivity index (χ4n) is 1.78. The smallest absolute Gasteiger partial charge is 0.136 e. The highest BCUT2D eigenvalue weighted by Gasteiger charge is 2.20. The van der Waals surface area contributed by atoms with Crippen LogP contribution < -0.4 is 0 Å². The van der Waals surface area contributed by atoms with Crippen LogP contribution in [0.1, 0.15) is 39.7 Å². The Morgan fingerprint density at radius 1 is 1.19 bits per heavy atom. The fourth-order valence-corrected chi connectivity index (χ4v) is 1.78. The van der Waals surface area contributed by atoms with Crippen LogP contribution in [0, 0.1) is 11.3 Å².